The molecule has 2 aromatic carbocycles. The highest BCUT2D eigenvalue weighted by molar-refractivity contribution is 5.69. The van der Waals surface area contributed by atoms with E-state index in [9.17, 15) is 14.7 Å². The van der Waals surface area contributed by atoms with Crippen molar-refractivity contribution < 1.29 is 5.11 Å². The van der Waals surface area contributed by atoms with Crippen molar-refractivity contribution in [2.24, 2.45) is 0 Å². The molecular formula is C12H11NO3. The van der Waals surface area contributed by atoms with E-state index in [1.165, 1.54) is 0 Å². The number of hydrogen-bond donors (Lipinski definition) is 2. The highest BCUT2D eigenvalue weighted by Gasteiger charge is 2.19. The van der Waals surface area contributed by atoms with Crippen LogP contribution in [0, 0.1) is 0 Å². The highest BCUT2D eigenvalue weighted by Crippen LogP contribution is 2.21. The van der Waals surface area contributed by atoms with Gasteiger partial charge in [-0.15, -0.1) is 0 Å². The fraction of sp³-hybridized carbons (Fsp3) is 0.167. The summed E-state index contributed by atoms with van der Waals surface area (Å²) >= 11 is 0. The summed E-state index contributed by atoms with van der Waals surface area (Å²) in [5.41, 5.74) is 0.303. The van der Waals surface area contributed by atoms with E-state index >= 15 is 0 Å². The predicted molar refractivity (Wildman–Crippen MR) is 62.1 cm³/mol. The number of aryl methyl sites for hydroxylation is 1. The summed E-state index contributed by atoms with van der Waals surface area (Å²) in [6, 6.07) is 7.46. The van der Waals surface area contributed by atoms with Gasteiger partial charge in [-0.1, -0.05) is 19.1 Å². The molecule has 4 heteroatoms. The maximum atomic E-state index is 11.1. The molecule has 0 heterocycles. The molecule has 0 saturated carbocycles. The molecular weight excluding hydrogens is 206 g/mol. The Hall–Kier alpha value is -2.10. The second-order valence-electron chi connectivity index (χ2n) is 3.56. The first-order valence-electron chi connectivity index (χ1n) is 5.01. The van der Waals surface area contributed by atoms with Gasteiger partial charge in [-0.05, 0) is 24.1 Å². The average Bonchev–Trinajstić information content (AvgIpc) is 2.34. The normalized spacial score (nSPS) is 10.6. The first-order valence-corrected chi connectivity index (χ1v) is 5.01. The Bertz CT molecular complexity index is 594. The maximum Gasteiger partial charge on any atom is 0.271 e. The Morgan fingerprint density at radius 2 is 2.00 bits per heavy atom. The van der Waals surface area contributed by atoms with Gasteiger partial charge in [-0.3, -0.25) is 9.59 Å². The molecule has 0 spiro atoms. The third-order valence-electron chi connectivity index (χ3n) is 2.49. The molecule has 0 aliphatic rings. The molecule has 0 amide bonds. The Morgan fingerprint density at radius 1 is 1.25 bits per heavy atom. The predicted octanol–water partition coefficient (Wildman–Crippen LogP) is 1.29. The molecule has 0 radical (unpaired) electrons. The van der Waals surface area contributed by atoms with Crippen LogP contribution < -0.4 is 16.2 Å². The largest absolute Gasteiger partial charge is 0.502 e. The zero-order chi connectivity index (χ0) is 11.7. The van der Waals surface area contributed by atoms with E-state index < -0.39 is 16.6 Å². The summed E-state index contributed by atoms with van der Waals surface area (Å²) in [6.07, 6.45) is 0.882. The summed E-state index contributed by atoms with van der Waals surface area (Å²) in [5.74, 6) is -0.480. The van der Waals surface area contributed by atoms with E-state index in [-0.39, 0.29) is 5.69 Å². The zero-order valence-electron chi connectivity index (χ0n) is 8.78. The van der Waals surface area contributed by atoms with Crippen LogP contribution in [0.3, 0.4) is 0 Å². The van der Waals surface area contributed by atoms with Gasteiger partial charge in [0, 0.05) is 5.69 Å². The number of nitrogens with one attached hydrogen (secondary N) is 1. The van der Waals surface area contributed by atoms with E-state index in [4.69, 9.17) is 0 Å². The summed E-state index contributed by atoms with van der Waals surface area (Å²) in [4.78, 5) is 21.9. The van der Waals surface area contributed by atoms with Gasteiger partial charge in [0.15, 0.2) is 5.75 Å². The van der Waals surface area contributed by atoms with Crippen LogP contribution in [0.1, 0.15) is 12.5 Å². The van der Waals surface area contributed by atoms with Crippen molar-refractivity contribution in [2.45, 2.75) is 13.3 Å². The lowest BCUT2D eigenvalue weighted by Crippen LogP contribution is -2.32. The third kappa shape index (κ3) is 1.58. The standard InChI is InChI=1S/C12H11NO3/c1-2-7-4-3-5-8(6-7)13-9-10(14)12(16)11(9)15/h3-6,13-14H,2H2,1H3. The molecule has 0 unspecified atom stereocenters. The van der Waals surface area contributed by atoms with Crippen LogP contribution in [0.2, 0.25) is 0 Å². The minimum atomic E-state index is -0.825. The second-order valence-corrected chi connectivity index (χ2v) is 3.56. The van der Waals surface area contributed by atoms with E-state index in [1.807, 2.05) is 25.1 Å². The molecule has 0 atom stereocenters. The van der Waals surface area contributed by atoms with E-state index in [0.29, 0.717) is 5.69 Å². The lowest BCUT2D eigenvalue weighted by Gasteiger charge is -2.09. The van der Waals surface area contributed by atoms with E-state index in [0.717, 1.165) is 12.0 Å². The van der Waals surface area contributed by atoms with Crippen LogP contribution in [0.25, 0.3) is 0 Å². The molecule has 82 valence electrons. The van der Waals surface area contributed by atoms with Gasteiger partial charge in [0.1, 0.15) is 5.69 Å². The molecule has 0 aliphatic carbocycles. The minimum Gasteiger partial charge on any atom is -0.502 e. The lowest BCUT2D eigenvalue weighted by atomic mass is 10.1. The number of anilines is 2. The van der Waals surface area contributed by atoms with Crippen molar-refractivity contribution in [1.29, 1.82) is 0 Å². The quantitative estimate of drug-likeness (QED) is 0.760. The van der Waals surface area contributed by atoms with Crippen LogP contribution in [0.5, 0.6) is 5.75 Å². The highest BCUT2D eigenvalue weighted by atomic mass is 16.3. The maximum absolute atomic E-state index is 11.1. The minimum absolute atomic E-state index is 0.0155. The Labute approximate surface area is 91.9 Å². The molecule has 2 aromatic rings. The Morgan fingerprint density at radius 3 is 2.62 bits per heavy atom. The molecule has 0 fully saturated rings. The molecule has 2 rings (SSSR count). The van der Waals surface area contributed by atoms with Crippen LogP contribution >= 0.6 is 0 Å². The van der Waals surface area contributed by atoms with Crippen molar-refractivity contribution in [1.82, 2.24) is 0 Å². The Kier molecular flexibility index (Phi) is 2.48. The Balaban J connectivity index is 2.28. The second kappa shape index (κ2) is 3.81. The van der Waals surface area contributed by atoms with E-state index in [1.54, 1.807) is 6.07 Å². The SMILES string of the molecule is CCc1cccc(Nc2c(O)c(=O)c2=O)c1. The molecule has 0 aliphatic heterocycles. The molecule has 2 N–H and O–H groups in total. The van der Waals surface area contributed by atoms with Gasteiger partial charge in [0.05, 0.1) is 0 Å². The molecule has 0 aromatic heterocycles. The van der Waals surface area contributed by atoms with Crippen LogP contribution in [0.4, 0.5) is 11.4 Å². The smallest absolute Gasteiger partial charge is 0.271 e. The first kappa shape index (κ1) is 10.4. The fourth-order valence-electron chi connectivity index (χ4n) is 1.51. The number of benzene rings is 1. The van der Waals surface area contributed by atoms with Crippen molar-refractivity contribution >= 4 is 11.4 Å². The van der Waals surface area contributed by atoms with Crippen molar-refractivity contribution in [3.8, 4) is 5.75 Å². The molecule has 4 nitrogen and oxygen atoms in total. The first-order chi connectivity index (χ1) is 7.63. The lowest BCUT2D eigenvalue weighted by molar-refractivity contribution is 0.466. The third-order valence-corrected chi connectivity index (χ3v) is 2.49. The number of aromatic hydroxyl groups is 1. The van der Waals surface area contributed by atoms with Gasteiger partial charge >= 0.3 is 0 Å². The number of hydrogen-bond acceptors (Lipinski definition) is 4. The van der Waals surface area contributed by atoms with Gasteiger partial charge in [-0.25, -0.2) is 0 Å². The van der Waals surface area contributed by atoms with Crippen molar-refractivity contribution in [3.63, 3.8) is 0 Å². The zero-order valence-corrected chi connectivity index (χ0v) is 8.78. The van der Waals surface area contributed by atoms with Crippen LogP contribution in [0.15, 0.2) is 33.9 Å². The van der Waals surface area contributed by atoms with Gasteiger partial charge in [-0.2, -0.15) is 0 Å². The summed E-state index contributed by atoms with van der Waals surface area (Å²) in [5, 5.41) is 11.9. The van der Waals surface area contributed by atoms with Crippen molar-refractivity contribution in [3.05, 3.63) is 50.3 Å². The molecule has 0 bridgehead atoms. The van der Waals surface area contributed by atoms with Gasteiger partial charge in [0.25, 0.3) is 10.9 Å². The van der Waals surface area contributed by atoms with Crippen LogP contribution in [-0.2, 0) is 6.42 Å². The molecule has 16 heavy (non-hydrogen) atoms. The number of rotatable bonds is 3. The average molecular weight is 217 g/mol. The molecule has 0 saturated heterocycles. The summed E-state index contributed by atoms with van der Waals surface area (Å²) in [6.45, 7) is 2.02. The van der Waals surface area contributed by atoms with Crippen molar-refractivity contribution in [2.75, 3.05) is 5.32 Å². The van der Waals surface area contributed by atoms with E-state index in [2.05, 4.69) is 5.32 Å². The topological polar surface area (TPSA) is 66.4 Å². The van der Waals surface area contributed by atoms with Gasteiger partial charge in [0.2, 0.25) is 0 Å². The monoisotopic (exact) mass is 217 g/mol. The summed E-state index contributed by atoms with van der Waals surface area (Å²) < 4.78 is 0. The fourth-order valence-corrected chi connectivity index (χ4v) is 1.51. The summed E-state index contributed by atoms with van der Waals surface area (Å²) in [7, 11) is 0. The van der Waals surface area contributed by atoms with Crippen LogP contribution in [-0.4, -0.2) is 5.11 Å². The van der Waals surface area contributed by atoms with Gasteiger partial charge < -0.3 is 10.4 Å².